The van der Waals surface area contributed by atoms with Gasteiger partial charge in [0.15, 0.2) is 0 Å². The fraction of sp³-hybridized carbons (Fsp3) is 0.429. The number of nitrogens with zero attached hydrogens (tertiary/aromatic N) is 2. The van der Waals surface area contributed by atoms with Gasteiger partial charge in [-0.2, -0.15) is 0 Å². The molecule has 0 saturated carbocycles. The van der Waals surface area contributed by atoms with Crippen LogP contribution in [0.1, 0.15) is 37.6 Å². The van der Waals surface area contributed by atoms with Crippen molar-refractivity contribution in [1.29, 1.82) is 0 Å². The van der Waals surface area contributed by atoms with Gasteiger partial charge in [0.2, 0.25) is 0 Å². The third kappa shape index (κ3) is 4.47. The molecule has 28 heavy (non-hydrogen) atoms. The second-order valence-corrected chi connectivity index (χ2v) is 6.51. The Morgan fingerprint density at radius 3 is 2.61 bits per heavy atom. The predicted octanol–water partition coefficient (Wildman–Crippen LogP) is 2.95. The molecule has 2 heterocycles. The zero-order valence-electron chi connectivity index (χ0n) is 16.4. The molecule has 7 nitrogen and oxygen atoms in total. The summed E-state index contributed by atoms with van der Waals surface area (Å²) in [6.07, 6.45) is 2.20. The van der Waals surface area contributed by atoms with E-state index >= 15 is 0 Å². The van der Waals surface area contributed by atoms with E-state index in [1.54, 1.807) is 6.92 Å². The molecule has 150 valence electrons. The predicted molar refractivity (Wildman–Crippen MR) is 105 cm³/mol. The molecule has 7 heteroatoms. The molecule has 2 aromatic rings. The van der Waals surface area contributed by atoms with E-state index in [1.807, 2.05) is 54.4 Å². The summed E-state index contributed by atoms with van der Waals surface area (Å²) < 4.78 is 12.6. The zero-order valence-corrected chi connectivity index (χ0v) is 16.4. The average Bonchev–Trinajstić information content (AvgIpc) is 3.17. The molecule has 0 bridgehead atoms. The van der Waals surface area contributed by atoms with E-state index in [0.717, 1.165) is 23.6 Å². The Morgan fingerprint density at radius 1 is 1.11 bits per heavy atom. The van der Waals surface area contributed by atoms with Crippen molar-refractivity contribution in [3.63, 3.8) is 0 Å². The fourth-order valence-electron chi connectivity index (χ4n) is 3.47. The number of nitrogens with one attached hydrogen (secondary N) is 1. The van der Waals surface area contributed by atoms with Crippen LogP contribution in [0.5, 0.6) is 5.75 Å². The average molecular weight is 385 g/mol. The summed E-state index contributed by atoms with van der Waals surface area (Å²) in [6.45, 7) is 6.25. The maximum absolute atomic E-state index is 12.9. The molecule has 2 amide bonds. The summed E-state index contributed by atoms with van der Waals surface area (Å²) in [7, 11) is 0. The fourth-order valence-corrected chi connectivity index (χ4v) is 3.47. The lowest BCUT2D eigenvalue weighted by Gasteiger charge is -2.37. The van der Waals surface area contributed by atoms with Crippen molar-refractivity contribution in [3.05, 3.63) is 53.9 Å². The van der Waals surface area contributed by atoms with Crippen LogP contribution in [0.4, 0.5) is 4.79 Å². The third-order valence-corrected chi connectivity index (χ3v) is 4.72. The molecular formula is C21H27N3O4. The molecule has 3 rings (SSSR count). The molecule has 1 aromatic carbocycles. The molecular weight excluding hydrogens is 358 g/mol. The van der Waals surface area contributed by atoms with Crippen LogP contribution < -0.4 is 10.1 Å². The molecule has 0 radical (unpaired) electrons. The molecule has 0 spiro atoms. The minimum atomic E-state index is -0.307. The molecule has 1 unspecified atom stereocenters. The first-order valence-electron chi connectivity index (χ1n) is 9.72. The summed E-state index contributed by atoms with van der Waals surface area (Å²) in [6, 6.07) is 11.5. The lowest BCUT2D eigenvalue weighted by Crippen LogP contribution is -2.47. The van der Waals surface area contributed by atoms with Gasteiger partial charge in [0.1, 0.15) is 5.75 Å². The van der Waals surface area contributed by atoms with Crippen LogP contribution in [0.2, 0.25) is 0 Å². The van der Waals surface area contributed by atoms with Crippen molar-refractivity contribution < 1.29 is 19.1 Å². The highest BCUT2D eigenvalue weighted by atomic mass is 16.5. The molecule has 0 aliphatic carbocycles. The van der Waals surface area contributed by atoms with Crippen LogP contribution in [0.3, 0.4) is 0 Å². The highest BCUT2D eigenvalue weighted by Crippen LogP contribution is 2.33. The van der Waals surface area contributed by atoms with Gasteiger partial charge < -0.3 is 24.3 Å². The number of ether oxygens (including phenoxy) is 2. The number of esters is 1. The molecule has 0 fully saturated rings. The van der Waals surface area contributed by atoms with Gasteiger partial charge in [-0.1, -0.05) is 12.1 Å². The minimum Gasteiger partial charge on any atom is -0.494 e. The summed E-state index contributed by atoms with van der Waals surface area (Å²) in [4.78, 5) is 26.2. The standard InChI is InChI=1S/C21H27N3O4/c1-3-27-17-9-7-16(8-10-17)20-18-6-5-13-23(18)14-15-24(20)21(26)22-12-11-19(25)28-4-2/h5-10,13,20H,3-4,11-12,14-15H2,1-2H3,(H,22,26). The summed E-state index contributed by atoms with van der Waals surface area (Å²) in [5, 5.41) is 2.85. The van der Waals surface area contributed by atoms with E-state index in [9.17, 15) is 9.59 Å². The number of carbonyl (C=O) groups excluding carboxylic acids is 2. The minimum absolute atomic E-state index is 0.164. The van der Waals surface area contributed by atoms with Crippen LogP contribution in [-0.2, 0) is 16.1 Å². The quantitative estimate of drug-likeness (QED) is 0.744. The van der Waals surface area contributed by atoms with E-state index in [1.165, 1.54) is 0 Å². The van der Waals surface area contributed by atoms with E-state index in [-0.39, 0.29) is 31.0 Å². The second kappa shape index (κ2) is 9.30. The van der Waals surface area contributed by atoms with Crippen molar-refractivity contribution in [3.8, 4) is 5.75 Å². The first kappa shape index (κ1) is 19.8. The van der Waals surface area contributed by atoms with Crippen LogP contribution in [0.25, 0.3) is 0 Å². The van der Waals surface area contributed by atoms with Crippen molar-refractivity contribution >= 4 is 12.0 Å². The molecule has 0 saturated heterocycles. The normalized spacial score (nSPS) is 15.6. The number of aromatic nitrogens is 1. The van der Waals surface area contributed by atoms with E-state index in [2.05, 4.69) is 9.88 Å². The van der Waals surface area contributed by atoms with Crippen molar-refractivity contribution in [1.82, 2.24) is 14.8 Å². The molecule has 1 atom stereocenters. The first-order chi connectivity index (χ1) is 13.6. The second-order valence-electron chi connectivity index (χ2n) is 6.51. The first-order valence-corrected chi connectivity index (χ1v) is 9.72. The van der Waals surface area contributed by atoms with Crippen LogP contribution in [0, 0.1) is 0 Å². The van der Waals surface area contributed by atoms with Gasteiger partial charge in [0.05, 0.1) is 25.7 Å². The van der Waals surface area contributed by atoms with E-state index < -0.39 is 0 Å². The van der Waals surface area contributed by atoms with Crippen molar-refractivity contribution in [2.24, 2.45) is 0 Å². The van der Waals surface area contributed by atoms with Gasteiger partial charge >= 0.3 is 12.0 Å². The monoisotopic (exact) mass is 385 g/mol. The Morgan fingerprint density at radius 2 is 1.89 bits per heavy atom. The van der Waals surface area contributed by atoms with Crippen molar-refractivity contribution in [2.45, 2.75) is 32.9 Å². The molecule has 1 aliphatic rings. The summed E-state index contributed by atoms with van der Waals surface area (Å²) >= 11 is 0. The Hall–Kier alpha value is -2.96. The van der Waals surface area contributed by atoms with Crippen LogP contribution >= 0.6 is 0 Å². The molecule has 1 aliphatic heterocycles. The topological polar surface area (TPSA) is 72.8 Å². The van der Waals surface area contributed by atoms with Gasteiger partial charge in [-0.05, 0) is 43.7 Å². The summed E-state index contributed by atoms with van der Waals surface area (Å²) in [5.74, 6) is 0.501. The third-order valence-electron chi connectivity index (χ3n) is 4.72. The highest BCUT2D eigenvalue weighted by Gasteiger charge is 2.32. The Bertz CT molecular complexity index is 800. The number of urea groups is 1. The van der Waals surface area contributed by atoms with Gasteiger partial charge in [-0.15, -0.1) is 0 Å². The molecule has 1 aromatic heterocycles. The Kier molecular flexibility index (Phi) is 6.57. The van der Waals surface area contributed by atoms with Crippen LogP contribution in [0.15, 0.2) is 42.6 Å². The maximum Gasteiger partial charge on any atom is 0.318 e. The van der Waals surface area contributed by atoms with Gasteiger partial charge in [-0.25, -0.2) is 4.79 Å². The van der Waals surface area contributed by atoms with Crippen LogP contribution in [-0.4, -0.2) is 47.8 Å². The molecule has 1 N–H and O–H groups in total. The van der Waals surface area contributed by atoms with Crippen molar-refractivity contribution in [2.75, 3.05) is 26.3 Å². The summed E-state index contributed by atoms with van der Waals surface area (Å²) in [5.41, 5.74) is 2.08. The Labute approximate surface area is 165 Å². The lowest BCUT2D eigenvalue weighted by molar-refractivity contribution is -0.142. The van der Waals surface area contributed by atoms with E-state index in [0.29, 0.717) is 19.8 Å². The Balaban J connectivity index is 1.75. The largest absolute Gasteiger partial charge is 0.494 e. The van der Waals surface area contributed by atoms with Gasteiger partial charge in [0.25, 0.3) is 0 Å². The number of fused-ring (bicyclic) bond motifs is 1. The number of hydrogen-bond acceptors (Lipinski definition) is 4. The number of benzene rings is 1. The highest BCUT2D eigenvalue weighted by molar-refractivity contribution is 5.76. The number of hydrogen-bond donors (Lipinski definition) is 1. The number of amides is 2. The smallest absolute Gasteiger partial charge is 0.318 e. The SMILES string of the molecule is CCOC(=O)CCNC(=O)N1CCn2cccc2C1c1ccc(OCC)cc1. The maximum atomic E-state index is 12.9. The van der Waals surface area contributed by atoms with E-state index in [4.69, 9.17) is 9.47 Å². The van der Waals surface area contributed by atoms with Gasteiger partial charge in [0, 0.05) is 31.5 Å². The lowest BCUT2D eigenvalue weighted by atomic mass is 10.00. The number of rotatable bonds is 7. The zero-order chi connectivity index (χ0) is 19.9. The van der Waals surface area contributed by atoms with Gasteiger partial charge in [-0.3, -0.25) is 4.79 Å². The number of carbonyl (C=O) groups is 2.